The minimum atomic E-state index is -3.62. The molecule has 1 saturated heterocycles. The first-order chi connectivity index (χ1) is 12.8. The summed E-state index contributed by atoms with van der Waals surface area (Å²) in [6.45, 7) is 5.52. The average Bonchev–Trinajstić information content (AvgIpc) is 3.09. The third-order valence-electron chi connectivity index (χ3n) is 4.96. The normalized spacial score (nSPS) is 16.5. The Morgan fingerprint density at radius 2 is 2.00 bits per heavy atom. The Bertz CT molecular complexity index is 897. The van der Waals surface area contributed by atoms with Crippen LogP contribution in [0.25, 0.3) is 0 Å². The van der Waals surface area contributed by atoms with Gasteiger partial charge < -0.3 is 9.47 Å². The highest BCUT2D eigenvalue weighted by Crippen LogP contribution is 2.17. The summed E-state index contributed by atoms with van der Waals surface area (Å²) < 4.78 is 28.5. The van der Waals surface area contributed by atoms with Gasteiger partial charge in [-0.2, -0.15) is 9.40 Å². The molecule has 0 aromatic carbocycles. The summed E-state index contributed by atoms with van der Waals surface area (Å²) in [5.74, 6) is 0.0482. The molecule has 0 unspecified atom stereocenters. The fourth-order valence-electron chi connectivity index (χ4n) is 3.37. The van der Waals surface area contributed by atoms with Crippen molar-refractivity contribution >= 4 is 15.9 Å². The van der Waals surface area contributed by atoms with E-state index in [0.29, 0.717) is 38.9 Å². The zero-order valence-electron chi connectivity index (χ0n) is 16.0. The van der Waals surface area contributed by atoms with E-state index in [1.54, 1.807) is 16.5 Å². The van der Waals surface area contributed by atoms with E-state index in [4.69, 9.17) is 0 Å². The molecule has 0 radical (unpaired) electrons. The number of aromatic nitrogens is 4. The summed E-state index contributed by atoms with van der Waals surface area (Å²) in [6.07, 6.45) is 4.62. The highest BCUT2D eigenvalue weighted by molar-refractivity contribution is 7.89. The van der Waals surface area contributed by atoms with Crippen molar-refractivity contribution in [2.75, 3.05) is 26.2 Å². The van der Waals surface area contributed by atoms with Crippen molar-refractivity contribution < 1.29 is 13.2 Å². The van der Waals surface area contributed by atoms with Gasteiger partial charge in [0.15, 0.2) is 5.03 Å². The van der Waals surface area contributed by atoms with Gasteiger partial charge in [0.05, 0.1) is 12.0 Å². The van der Waals surface area contributed by atoms with E-state index in [1.165, 1.54) is 16.8 Å². The van der Waals surface area contributed by atoms with Crippen LogP contribution in [0.2, 0.25) is 0 Å². The third kappa shape index (κ3) is 4.22. The highest BCUT2D eigenvalue weighted by Gasteiger charge is 2.29. The second kappa shape index (κ2) is 7.81. The van der Waals surface area contributed by atoms with Crippen LogP contribution in [0.5, 0.6) is 0 Å². The largest absolute Gasteiger partial charge is 0.341 e. The third-order valence-corrected chi connectivity index (χ3v) is 6.75. The fraction of sp³-hybridized carbons (Fsp3) is 0.588. The first-order valence-electron chi connectivity index (χ1n) is 9.05. The summed E-state index contributed by atoms with van der Waals surface area (Å²) >= 11 is 0. The van der Waals surface area contributed by atoms with Crippen molar-refractivity contribution in [2.24, 2.45) is 7.05 Å². The summed E-state index contributed by atoms with van der Waals surface area (Å²) in [4.78, 5) is 18.3. The van der Waals surface area contributed by atoms with Gasteiger partial charge in [0.1, 0.15) is 0 Å². The van der Waals surface area contributed by atoms with Gasteiger partial charge in [-0.25, -0.2) is 13.4 Å². The lowest BCUT2D eigenvalue weighted by atomic mass is 10.1. The van der Waals surface area contributed by atoms with Gasteiger partial charge in [0.25, 0.3) is 10.0 Å². The number of nitrogens with one attached hydrogen (secondary N) is 1. The number of H-pyrrole nitrogens is 1. The number of aromatic amines is 1. The average molecular weight is 395 g/mol. The maximum atomic E-state index is 12.7. The molecule has 1 N–H and O–H groups in total. The number of hydrogen-bond acceptors (Lipinski definition) is 5. The van der Waals surface area contributed by atoms with Crippen molar-refractivity contribution in [1.29, 1.82) is 0 Å². The van der Waals surface area contributed by atoms with Gasteiger partial charge in [-0.1, -0.05) is 0 Å². The fourth-order valence-corrected chi connectivity index (χ4v) is 4.81. The van der Waals surface area contributed by atoms with Crippen LogP contribution in [-0.2, 0) is 28.3 Å². The van der Waals surface area contributed by atoms with E-state index in [0.717, 1.165) is 17.0 Å². The van der Waals surface area contributed by atoms with Crippen LogP contribution in [0.3, 0.4) is 0 Å². The number of hydrogen-bond donors (Lipinski definition) is 1. The maximum Gasteiger partial charge on any atom is 0.262 e. The van der Waals surface area contributed by atoms with E-state index >= 15 is 0 Å². The van der Waals surface area contributed by atoms with Gasteiger partial charge in [-0.05, 0) is 32.3 Å². The van der Waals surface area contributed by atoms with Crippen molar-refractivity contribution in [2.45, 2.75) is 38.1 Å². The molecule has 27 heavy (non-hydrogen) atoms. The quantitative estimate of drug-likeness (QED) is 0.800. The van der Waals surface area contributed by atoms with Crippen molar-refractivity contribution in [1.82, 2.24) is 29.0 Å². The monoisotopic (exact) mass is 394 g/mol. The molecule has 10 heteroatoms. The Hall–Kier alpha value is -2.20. The molecule has 0 atom stereocenters. The van der Waals surface area contributed by atoms with Crippen LogP contribution in [-0.4, -0.2) is 69.5 Å². The highest BCUT2D eigenvalue weighted by atomic mass is 32.2. The minimum Gasteiger partial charge on any atom is -0.341 e. The number of imidazole rings is 1. The van der Waals surface area contributed by atoms with Crippen LogP contribution in [0, 0.1) is 13.8 Å². The molecule has 3 rings (SSSR count). The zero-order chi connectivity index (χ0) is 19.6. The lowest BCUT2D eigenvalue weighted by molar-refractivity contribution is -0.131. The van der Waals surface area contributed by atoms with Gasteiger partial charge in [-0.3, -0.25) is 9.89 Å². The van der Waals surface area contributed by atoms with Gasteiger partial charge in [0, 0.05) is 51.5 Å². The van der Waals surface area contributed by atoms with E-state index in [1.807, 2.05) is 13.8 Å². The standard InChI is InChI=1S/C17H26N6O3S/c1-13-15(14(2)20-19-13)5-6-17(24)22-7-4-8-23(10-9-22)27(25,26)16-11-21(3)12-18-16/h11-12H,4-10H2,1-3H3,(H,19,20). The number of carbonyl (C=O) groups is 1. The van der Waals surface area contributed by atoms with Crippen molar-refractivity contribution in [3.05, 3.63) is 29.5 Å². The van der Waals surface area contributed by atoms with E-state index < -0.39 is 10.0 Å². The molecule has 1 aliphatic rings. The Labute approximate surface area is 159 Å². The molecule has 2 aromatic rings. The molecular weight excluding hydrogens is 368 g/mol. The number of nitrogens with zero attached hydrogens (tertiary/aromatic N) is 5. The molecule has 0 spiro atoms. The Morgan fingerprint density at radius 1 is 1.22 bits per heavy atom. The second-order valence-corrected chi connectivity index (χ2v) is 8.81. The Kier molecular flexibility index (Phi) is 5.66. The van der Waals surface area contributed by atoms with E-state index in [2.05, 4.69) is 15.2 Å². The van der Waals surface area contributed by atoms with Gasteiger partial charge in [0.2, 0.25) is 5.91 Å². The predicted molar refractivity (Wildman–Crippen MR) is 99.5 cm³/mol. The van der Waals surface area contributed by atoms with Crippen molar-refractivity contribution in [3.8, 4) is 0 Å². The van der Waals surface area contributed by atoms with Gasteiger partial charge >= 0.3 is 0 Å². The Morgan fingerprint density at radius 3 is 2.63 bits per heavy atom. The molecule has 0 aliphatic carbocycles. The molecule has 2 aromatic heterocycles. The van der Waals surface area contributed by atoms with E-state index in [-0.39, 0.29) is 17.5 Å². The lowest BCUT2D eigenvalue weighted by Crippen LogP contribution is -2.37. The smallest absolute Gasteiger partial charge is 0.262 e. The SMILES string of the molecule is Cc1n[nH]c(C)c1CCC(=O)N1CCCN(S(=O)(=O)c2cn(C)cn2)CC1. The molecule has 1 fully saturated rings. The summed E-state index contributed by atoms with van der Waals surface area (Å²) in [6, 6.07) is 0. The minimum absolute atomic E-state index is 0.0482. The number of amides is 1. The van der Waals surface area contributed by atoms with E-state index in [9.17, 15) is 13.2 Å². The molecule has 0 saturated carbocycles. The first-order valence-corrected chi connectivity index (χ1v) is 10.5. The van der Waals surface area contributed by atoms with Crippen LogP contribution in [0.15, 0.2) is 17.6 Å². The molecule has 148 valence electrons. The number of carbonyl (C=O) groups excluding carboxylic acids is 1. The summed E-state index contributed by atoms with van der Waals surface area (Å²) in [5, 5.41) is 7.14. The topological polar surface area (TPSA) is 104 Å². The predicted octanol–water partition coefficient (Wildman–Crippen LogP) is 0.616. The summed E-state index contributed by atoms with van der Waals surface area (Å²) in [5.41, 5.74) is 2.99. The van der Waals surface area contributed by atoms with Crippen LogP contribution in [0.4, 0.5) is 0 Å². The molecule has 1 amide bonds. The molecule has 1 aliphatic heterocycles. The molecule has 9 nitrogen and oxygen atoms in total. The first kappa shape index (κ1) is 19.6. The maximum absolute atomic E-state index is 12.7. The summed E-state index contributed by atoms with van der Waals surface area (Å²) in [7, 11) is -1.89. The zero-order valence-corrected chi connectivity index (χ0v) is 16.8. The molecule has 0 bridgehead atoms. The number of rotatable bonds is 5. The van der Waals surface area contributed by atoms with Crippen molar-refractivity contribution in [3.63, 3.8) is 0 Å². The lowest BCUT2D eigenvalue weighted by Gasteiger charge is -2.21. The van der Waals surface area contributed by atoms with Gasteiger partial charge in [-0.15, -0.1) is 0 Å². The van der Waals surface area contributed by atoms with Crippen LogP contribution < -0.4 is 0 Å². The number of aryl methyl sites for hydroxylation is 3. The molecular formula is C17H26N6O3S. The Balaban J connectivity index is 1.60. The van der Waals surface area contributed by atoms with Crippen LogP contribution in [0.1, 0.15) is 29.8 Å². The number of sulfonamides is 1. The molecule has 3 heterocycles. The second-order valence-electron chi connectivity index (χ2n) is 6.93. The van der Waals surface area contributed by atoms with Crippen LogP contribution >= 0.6 is 0 Å².